The minimum Gasteiger partial charge on any atom is -0.508 e. The van der Waals surface area contributed by atoms with Crippen LogP contribution < -0.4 is 14.2 Å². The number of hydrogen-bond acceptors (Lipinski definition) is 6. The van der Waals surface area contributed by atoms with Gasteiger partial charge in [0.1, 0.15) is 41.5 Å². The summed E-state index contributed by atoms with van der Waals surface area (Å²) in [7, 11) is 0. The predicted molar refractivity (Wildman–Crippen MR) is 134 cm³/mol. The average molecular weight is 490 g/mol. The molecule has 0 aliphatic carbocycles. The van der Waals surface area contributed by atoms with Gasteiger partial charge in [-0.1, -0.05) is 12.1 Å². The first-order valence-corrected chi connectivity index (χ1v) is 12.3. The van der Waals surface area contributed by atoms with Crippen molar-refractivity contribution in [1.29, 1.82) is 0 Å². The minimum atomic E-state index is -0.454. The summed E-state index contributed by atoms with van der Waals surface area (Å²) in [5.74, 6) is 2.55. The first-order valence-electron chi connectivity index (χ1n) is 12.3. The van der Waals surface area contributed by atoms with Crippen molar-refractivity contribution < 1.29 is 28.8 Å². The van der Waals surface area contributed by atoms with Gasteiger partial charge in [-0.05, 0) is 53.6 Å². The highest BCUT2D eigenvalue weighted by Gasteiger charge is 2.34. The summed E-state index contributed by atoms with van der Waals surface area (Å²) in [4.78, 5) is 2.19. The van der Waals surface area contributed by atoms with Crippen molar-refractivity contribution in [2.24, 2.45) is 5.92 Å². The molecule has 1 saturated heterocycles. The number of rotatable bonds is 6. The van der Waals surface area contributed by atoms with Gasteiger partial charge in [0.05, 0.1) is 13.3 Å². The standard InChI is InChI=1S/C29H28FNO5/c30-15-18-16-31(17-18)10-12-34-22-5-1-19(2-6-22)29-28-24(23-7-3-21(33)14-27(23)36-29)9-11-35-26-8-4-20(32)13-25(26)28/h1-8,13-14,18,29,32-33H,9-12,15-17H2/t29-/m0/s1. The van der Waals surface area contributed by atoms with Crippen LogP contribution in [0.5, 0.6) is 28.7 Å². The maximum atomic E-state index is 12.6. The van der Waals surface area contributed by atoms with Crippen molar-refractivity contribution in [2.45, 2.75) is 12.5 Å². The van der Waals surface area contributed by atoms with Crippen molar-refractivity contribution in [3.05, 3.63) is 77.4 Å². The van der Waals surface area contributed by atoms with Crippen LogP contribution >= 0.6 is 0 Å². The minimum absolute atomic E-state index is 0.142. The molecule has 186 valence electrons. The number of fused-ring (bicyclic) bond motifs is 4. The molecule has 3 aliphatic rings. The van der Waals surface area contributed by atoms with Gasteiger partial charge in [-0.25, -0.2) is 0 Å². The molecule has 0 radical (unpaired) electrons. The van der Waals surface area contributed by atoms with E-state index in [1.54, 1.807) is 30.3 Å². The van der Waals surface area contributed by atoms with Gasteiger partial charge in [0.2, 0.25) is 0 Å². The van der Waals surface area contributed by atoms with Crippen LogP contribution in [0.4, 0.5) is 4.39 Å². The number of hydrogen-bond donors (Lipinski definition) is 2. The third kappa shape index (κ3) is 4.24. The van der Waals surface area contributed by atoms with Gasteiger partial charge in [-0.2, -0.15) is 0 Å². The number of ether oxygens (including phenoxy) is 3. The summed E-state index contributed by atoms with van der Waals surface area (Å²) in [6, 6.07) is 18.1. The molecular weight excluding hydrogens is 461 g/mol. The summed E-state index contributed by atoms with van der Waals surface area (Å²) >= 11 is 0. The van der Waals surface area contributed by atoms with E-state index in [1.165, 1.54) is 0 Å². The lowest BCUT2D eigenvalue weighted by Crippen LogP contribution is -2.49. The molecule has 36 heavy (non-hydrogen) atoms. The van der Waals surface area contributed by atoms with Gasteiger partial charge >= 0.3 is 0 Å². The molecule has 1 fully saturated rings. The highest BCUT2D eigenvalue weighted by molar-refractivity contribution is 5.98. The molecule has 6 nitrogen and oxygen atoms in total. The number of phenols is 2. The quantitative estimate of drug-likeness (QED) is 0.496. The van der Waals surface area contributed by atoms with E-state index in [0.717, 1.165) is 53.2 Å². The van der Waals surface area contributed by atoms with Crippen LogP contribution in [0, 0.1) is 5.92 Å². The molecule has 3 aromatic carbocycles. The molecule has 3 heterocycles. The Morgan fingerprint density at radius 3 is 2.50 bits per heavy atom. The molecule has 6 rings (SSSR count). The zero-order chi connectivity index (χ0) is 24.6. The van der Waals surface area contributed by atoms with Gasteiger partial charge in [-0.15, -0.1) is 0 Å². The van der Waals surface area contributed by atoms with Crippen LogP contribution in [-0.4, -0.2) is 54.6 Å². The maximum Gasteiger partial charge on any atom is 0.150 e. The summed E-state index contributed by atoms with van der Waals surface area (Å²) in [5, 5.41) is 20.4. The van der Waals surface area contributed by atoms with E-state index in [0.29, 0.717) is 31.1 Å². The monoisotopic (exact) mass is 489 g/mol. The number of nitrogens with zero attached hydrogens (tertiary/aromatic N) is 1. The second-order valence-electron chi connectivity index (χ2n) is 9.55. The highest BCUT2D eigenvalue weighted by atomic mass is 19.1. The molecule has 7 heteroatoms. The Morgan fingerprint density at radius 2 is 1.69 bits per heavy atom. The first kappa shape index (κ1) is 22.7. The average Bonchev–Trinajstić information content (AvgIpc) is 3.04. The van der Waals surface area contributed by atoms with E-state index in [4.69, 9.17) is 14.2 Å². The second-order valence-corrected chi connectivity index (χ2v) is 9.55. The van der Waals surface area contributed by atoms with E-state index in [-0.39, 0.29) is 24.1 Å². The third-order valence-corrected chi connectivity index (χ3v) is 7.10. The lowest BCUT2D eigenvalue weighted by molar-refractivity contribution is 0.0668. The molecular formula is C29H28FNO5. The van der Waals surface area contributed by atoms with Gasteiger partial charge in [-0.3, -0.25) is 9.29 Å². The van der Waals surface area contributed by atoms with Crippen molar-refractivity contribution in [1.82, 2.24) is 4.90 Å². The zero-order valence-corrected chi connectivity index (χ0v) is 19.8. The number of aromatic hydroxyl groups is 2. The van der Waals surface area contributed by atoms with Crippen molar-refractivity contribution in [3.63, 3.8) is 0 Å². The first-order chi connectivity index (χ1) is 17.6. The van der Waals surface area contributed by atoms with Gasteiger partial charge < -0.3 is 24.4 Å². The third-order valence-electron chi connectivity index (χ3n) is 7.10. The molecule has 0 bridgehead atoms. The van der Waals surface area contributed by atoms with E-state index < -0.39 is 6.10 Å². The Bertz CT molecular complexity index is 1300. The molecule has 0 saturated carbocycles. The molecule has 3 aliphatic heterocycles. The normalized spacial score (nSPS) is 19.2. The fourth-order valence-electron chi connectivity index (χ4n) is 5.26. The summed E-state index contributed by atoms with van der Waals surface area (Å²) in [6.07, 6.45) is 0.216. The Kier molecular flexibility index (Phi) is 5.93. The van der Waals surface area contributed by atoms with E-state index >= 15 is 0 Å². The van der Waals surface area contributed by atoms with Crippen LogP contribution in [0.3, 0.4) is 0 Å². The molecule has 1 atom stereocenters. The molecule has 0 spiro atoms. The summed E-state index contributed by atoms with van der Waals surface area (Å²) in [6.45, 7) is 3.17. The van der Waals surface area contributed by atoms with Crippen LogP contribution in [0.15, 0.2) is 60.7 Å². The molecule has 0 amide bonds. The smallest absolute Gasteiger partial charge is 0.150 e. The molecule has 3 aromatic rings. The summed E-state index contributed by atoms with van der Waals surface area (Å²) in [5.41, 5.74) is 4.67. The fraction of sp³-hybridized carbons (Fsp3) is 0.310. The molecule has 0 aromatic heterocycles. The zero-order valence-electron chi connectivity index (χ0n) is 19.8. The van der Waals surface area contributed by atoms with Crippen molar-refractivity contribution in [3.8, 4) is 28.7 Å². The number of likely N-dealkylation sites (tertiary alicyclic amines) is 1. The SMILES string of the molecule is Oc1ccc2c(c1)O[C@@H](c1ccc(OCCN3CC(CF)C3)cc1)C1=C2CCOc2ccc(O)cc21. The van der Waals surface area contributed by atoms with Crippen LogP contribution in [0.2, 0.25) is 0 Å². The van der Waals surface area contributed by atoms with Gasteiger partial charge in [0.15, 0.2) is 0 Å². The molecule has 0 unspecified atom stereocenters. The second kappa shape index (κ2) is 9.39. The Balaban J connectivity index is 1.30. The highest BCUT2D eigenvalue weighted by Crippen LogP contribution is 2.52. The number of alkyl halides is 1. The lowest BCUT2D eigenvalue weighted by Gasteiger charge is -2.37. The Labute approximate surface area is 209 Å². The fourth-order valence-corrected chi connectivity index (χ4v) is 5.26. The van der Waals surface area contributed by atoms with Gasteiger partial charge in [0, 0.05) is 54.7 Å². The van der Waals surface area contributed by atoms with Crippen molar-refractivity contribution >= 4 is 11.1 Å². The van der Waals surface area contributed by atoms with E-state index in [2.05, 4.69) is 4.90 Å². The maximum absolute atomic E-state index is 12.6. The molecule has 2 N–H and O–H groups in total. The summed E-state index contributed by atoms with van der Waals surface area (Å²) < 4.78 is 31.0. The van der Waals surface area contributed by atoms with E-state index in [9.17, 15) is 14.6 Å². The largest absolute Gasteiger partial charge is 0.508 e. The lowest BCUT2D eigenvalue weighted by atomic mass is 9.84. The topological polar surface area (TPSA) is 71.4 Å². The van der Waals surface area contributed by atoms with Crippen LogP contribution in [0.25, 0.3) is 11.1 Å². The predicted octanol–water partition coefficient (Wildman–Crippen LogP) is 5.20. The number of benzene rings is 3. The van der Waals surface area contributed by atoms with Crippen molar-refractivity contribution in [2.75, 3.05) is 39.5 Å². The Morgan fingerprint density at radius 1 is 0.917 bits per heavy atom. The van der Waals surface area contributed by atoms with E-state index in [1.807, 2.05) is 30.3 Å². The number of halogens is 1. The van der Waals surface area contributed by atoms with Crippen LogP contribution in [-0.2, 0) is 0 Å². The Hall–Kier alpha value is -3.71. The van der Waals surface area contributed by atoms with Gasteiger partial charge in [0.25, 0.3) is 0 Å². The number of phenolic OH excluding ortho intramolecular Hbond substituents is 2. The van der Waals surface area contributed by atoms with Crippen LogP contribution in [0.1, 0.15) is 29.2 Å².